The number of carbonyl (C=O) groups is 4. The second kappa shape index (κ2) is 18.4. The quantitative estimate of drug-likeness (QED) is 0.119. The number of carbonyl (C=O) groups excluding carboxylic acids is 4. The van der Waals surface area contributed by atoms with E-state index in [1.165, 1.54) is 5.56 Å². The number of anilines is 1. The van der Waals surface area contributed by atoms with Crippen LogP contribution < -0.4 is 10.2 Å². The Labute approximate surface area is 372 Å². The Morgan fingerprint density at radius 1 is 0.746 bits per heavy atom. The summed E-state index contributed by atoms with van der Waals surface area (Å²) in [7, 11) is 0. The molecule has 14 nitrogen and oxygen atoms in total. The van der Waals surface area contributed by atoms with Gasteiger partial charge >= 0.3 is 24.4 Å². The number of hydrogen-bond acceptors (Lipinski definition) is 11. The second-order valence-corrected chi connectivity index (χ2v) is 21.1. The van der Waals surface area contributed by atoms with Crippen molar-refractivity contribution in [2.75, 3.05) is 4.90 Å². The zero-order valence-corrected chi connectivity index (χ0v) is 40.2. The van der Waals surface area contributed by atoms with Crippen LogP contribution in [0.3, 0.4) is 0 Å². The van der Waals surface area contributed by atoms with Gasteiger partial charge in [-0.05, 0) is 157 Å². The molecule has 63 heavy (non-hydrogen) atoms. The van der Waals surface area contributed by atoms with E-state index in [4.69, 9.17) is 33.7 Å². The molecule has 1 atom stereocenters. The fourth-order valence-corrected chi connectivity index (χ4v) is 7.49. The summed E-state index contributed by atoms with van der Waals surface area (Å²) >= 11 is 0. The summed E-state index contributed by atoms with van der Waals surface area (Å²) in [4.78, 5) is 65.3. The fourth-order valence-electron chi connectivity index (χ4n) is 7.49. The van der Waals surface area contributed by atoms with Crippen molar-refractivity contribution >= 4 is 52.2 Å². The van der Waals surface area contributed by atoms with Gasteiger partial charge in [0, 0.05) is 11.8 Å². The van der Waals surface area contributed by atoms with Gasteiger partial charge in [0.25, 0.3) is 0 Å². The average Bonchev–Trinajstić information content (AvgIpc) is 3.44. The Bertz CT molecular complexity index is 2310. The lowest BCUT2D eigenvalue weighted by molar-refractivity contribution is -0.0582. The Morgan fingerprint density at radius 3 is 1.92 bits per heavy atom. The van der Waals surface area contributed by atoms with Crippen molar-refractivity contribution < 1.29 is 42.9 Å². The number of nitrogens with one attached hydrogen (secondary N) is 1. The Balaban J connectivity index is 1.70. The first kappa shape index (κ1) is 48.6. The number of aromatic nitrogens is 3. The van der Waals surface area contributed by atoms with Gasteiger partial charge in [0.1, 0.15) is 39.3 Å². The summed E-state index contributed by atoms with van der Waals surface area (Å²) < 4.78 is 30.7. The summed E-state index contributed by atoms with van der Waals surface area (Å²) in [6.45, 7) is 27.0. The van der Waals surface area contributed by atoms with Crippen LogP contribution in [0.2, 0.25) is 0 Å². The smallest absolute Gasteiger partial charge is 0.444 e. The minimum Gasteiger partial charge on any atom is -0.444 e. The molecule has 3 amide bonds. The number of alkyl carbamates (subject to hydrolysis) is 1. The SMILES string of the molecule is CCCCc1nc2c(N(C(=O)OC(C)(C)C)C(=O)OC(C)(C)C)nc3cc(Cc4ccc5c(c4)C(NC(=O)OC(C)(C)C)CCC5)ccc3c2n1CC(C)(C)OC(=O)OC(C)(C)C. The summed E-state index contributed by atoms with van der Waals surface area (Å²) in [6.07, 6.45) is 2.21. The third-order valence-corrected chi connectivity index (χ3v) is 9.83. The molecule has 14 heteroatoms. The van der Waals surface area contributed by atoms with Gasteiger partial charge < -0.3 is 33.6 Å². The maximum atomic E-state index is 14.2. The van der Waals surface area contributed by atoms with Crippen LogP contribution in [0.1, 0.15) is 164 Å². The fraction of sp³-hybridized carbons (Fsp3) is 0.592. The molecular weight excluding hydrogens is 803 g/mol. The molecule has 4 aromatic rings. The van der Waals surface area contributed by atoms with Crippen molar-refractivity contribution in [2.24, 2.45) is 0 Å². The number of fused-ring (bicyclic) bond motifs is 4. The standard InChI is InChI=1S/C49H69N5O9/c1-16-17-21-37-52-38-39(53(37)29-49(14,15)63-44(58)62-48(11,12)13)33-25-23-31(26-30-22-24-32-19-18-20-35(34(32)27-30)51-41(55)59-45(2,3)4)28-36(33)50-40(38)54(42(56)60-46(5,6)7)43(57)61-47(8,9)10/h22-25,27-28,35H,16-21,26,29H2,1-15H3,(H,51,55). The molecule has 1 aliphatic rings. The van der Waals surface area contributed by atoms with Crippen LogP contribution in [0.4, 0.5) is 25.0 Å². The summed E-state index contributed by atoms with van der Waals surface area (Å²) in [5.74, 6) is 0.606. The molecule has 5 rings (SSSR count). The molecule has 0 bridgehead atoms. The predicted octanol–water partition coefficient (Wildman–Crippen LogP) is 11.8. The number of benzene rings is 2. The third kappa shape index (κ3) is 13.3. The van der Waals surface area contributed by atoms with Crippen molar-refractivity contribution in [1.29, 1.82) is 0 Å². The van der Waals surface area contributed by atoms with E-state index in [-0.39, 0.29) is 23.9 Å². The number of unbranched alkanes of at least 4 members (excludes halogenated alkanes) is 1. The number of aryl methyl sites for hydroxylation is 2. The highest BCUT2D eigenvalue weighted by atomic mass is 16.7. The molecule has 0 saturated carbocycles. The minimum atomic E-state index is -1.09. The van der Waals surface area contributed by atoms with Crippen LogP contribution in [0, 0.1) is 0 Å². The molecule has 0 radical (unpaired) electrons. The number of hydrogen-bond donors (Lipinski definition) is 1. The van der Waals surface area contributed by atoms with E-state index >= 15 is 0 Å². The highest BCUT2D eigenvalue weighted by Crippen LogP contribution is 2.37. The van der Waals surface area contributed by atoms with Crippen LogP contribution in [0.15, 0.2) is 36.4 Å². The normalized spacial score (nSPS) is 14.8. The van der Waals surface area contributed by atoms with Gasteiger partial charge in [-0.1, -0.05) is 43.7 Å². The highest BCUT2D eigenvalue weighted by molar-refractivity contribution is 6.17. The first-order valence-corrected chi connectivity index (χ1v) is 22.1. The number of imidazole rings is 1. The molecular formula is C49H69N5O9. The predicted molar refractivity (Wildman–Crippen MR) is 244 cm³/mol. The Morgan fingerprint density at radius 2 is 1.33 bits per heavy atom. The molecule has 2 aromatic carbocycles. The maximum absolute atomic E-state index is 14.2. The molecule has 2 heterocycles. The number of imide groups is 1. The van der Waals surface area contributed by atoms with Gasteiger partial charge in [-0.2, -0.15) is 4.90 Å². The third-order valence-electron chi connectivity index (χ3n) is 9.83. The van der Waals surface area contributed by atoms with Crippen LogP contribution in [-0.2, 0) is 49.5 Å². The van der Waals surface area contributed by atoms with Gasteiger partial charge in [-0.25, -0.2) is 29.1 Å². The lowest BCUT2D eigenvalue weighted by atomic mass is 9.86. The van der Waals surface area contributed by atoms with E-state index in [0.717, 1.165) is 53.7 Å². The van der Waals surface area contributed by atoms with Gasteiger partial charge in [-0.3, -0.25) is 0 Å². The molecule has 1 aliphatic carbocycles. The minimum absolute atomic E-state index is 0.0506. The van der Waals surface area contributed by atoms with Crippen molar-refractivity contribution in [3.05, 3.63) is 64.5 Å². The van der Waals surface area contributed by atoms with Crippen molar-refractivity contribution in [1.82, 2.24) is 19.9 Å². The number of ether oxygens (including phenoxy) is 5. The molecule has 1 N–H and O–H groups in total. The van der Waals surface area contributed by atoms with Crippen LogP contribution in [0.5, 0.6) is 0 Å². The molecule has 0 fully saturated rings. The van der Waals surface area contributed by atoms with Crippen molar-refractivity contribution in [2.45, 2.75) is 189 Å². The molecule has 344 valence electrons. The first-order chi connectivity index (χ1) is 29.0. The average molecular weight is 872 g/mol. The Hall–Kier alpha value is -5.40. The Kier molecular flexibility index (Phi) is 14.2. The van der Waals surface area contributed by atoms with E-state index < -0.39 is 52.4 Å². The highest BCUT2D eigenvalue weighted by Gasteiger charge is 2.38. The van der Waals surface area contributed by atoms with Gasteiger partial charge in [0.2, 0.25) is 0 Å². The topological polar surface area (TPSA) is 160 Å². The van der Waals surface area contributed by atoms with Gasteiger partial charge in [0.05, 0.1) is 23.6 Å². The van der Waals surface area contributed by atoms with E-state index in [1.807, 2.05) is 43.5 Å². The molecule has 1 unspecified atom stereocenters. The summed E-state index contributed by atoms with van der Waals surface area (Å²) in [5.41, 5.74) is 1.16. The number of nitrogens with zero attached hydrogens (tertiary/aromatic N) is 4. The van der Waals surface area contributed by atoms with E-state index in [2.05, 4.69) is 30.4 Å². The first-order valence-electron chi connectivity index (χ1n) is 22.1. The number of rotatable bonds is 10. The van der Waals surface area contributed by atoms with Crippen LogP contribution >= 0.6 is 0 Å². The lowest BCUT2D eigenvalue weighted by Gasteiger charge is -2.29. The zero-order chi connectivity index (χ0) is 46.9. The molecule has 2 aromatic heterocycles. The molecule has 0 saturated heterocycles. The van der Waals surface area contributed by atoms with Crippen LogP contribution in [-0.4, -0.2) is 67.0 Å². The number of amides is 3. The monoisotopic (exact) mass is 872 g/mol. The van der Waals surface area contributed by atoms with E-state index in [9.17, 15) is 19.2 Å². The summed E-state index contributed by atoms with van der Waals surface area (Å²) in [6, 6.07) is 12.2. The largest absolute Gasteiger partial charge is 0.509 e. The van der Waals surface area contributed by atoms with Gasteiger partial charge in [-0.15, -0.1) is 0 Å². The zero-order valence-electron chi connectivity index (χ0n) is 40.2. The molecule has 0 spiro atoms. The van der Waals surface area contributed by atoms with E-state index in [0.29, 0.717) is 35.1 Å². The second-order valence-electron chi connectivity index (χ2n) is 21.1. The lowest BCUT2D eigenvalue weighted by Crippen LogP contribution is -2.44. The summed E-state index contributed by atoms with van der Waals surface area (Å²) in [5, 5.41) is 3.80. The maximum Gasteiger partial charge on any atom is 0.509 e. The molecule has 0 aliphatic heterocycles. The van der Waals surface area contributed by atoms with Crippen LogP contribution in [0.25, 0.3) is 21.9 Å². The number of pyridine rings is 1. The van der Waals surface area contributed by atoms with Crippen molar-refractivity contribution in [3.63, 3.8) is 0 Å². The van der Waals surface area contributed by atoms with E-state index in [1.54, 1.807) is 76.2 Å². The van der Waals surface area contributed by atoms with Crippen molar-refractivity contribution in [3.8, 4) is 0 Å². The van der Waals surface area contributed by atoms with Gasteiger partial charge in [0.15, 0.2) is 5.82 Å².